The lowest BCUT2D eigenvalue weighted by Crippen LogP contribution is -2.21. The summed E-state index contributed by atoms with van der Waals surface area (Å²) >= 11 is 3.28. The Labute approximate surface area is 109 Å². The molecule has 0 heterocycles. The fourth-order valence-electron chi connectivity index (χ4n) is 1.68. The van der Waals surface area contributed by atoms with Crippen LogP contribution in [0, 0.1) is 5.82 Å². The van der Waals surface area contributed by atoms with Crippen LogP contribution in [0.3, 0.4) is 0 Å². The number of hydrogen-bond donors (Lipinski definition) is 1. The largest absolute Gasteiger partial charge is 0.314 e. The molecule has 0 bridgehead atoms. The lowest BCUT2D eigenvalue weighted by atomic mass is 10.1. The van der Waals surface area contributed by atoms with E-state index in [4.69, 9.17) is 0 Å². The van der Waals surface area contributed by atoms with E-state index in [1.807, 2.05) is 0 Å². The number of ketones is 1. The molecule has 17 heavy (non-hydrogen) atoms. The van der Waals surface area contributed by atoms with Gasteiger partial charge >= 0.3 is 0 Å². The van der Waals surface area contributed by atoms with Crippen molar-refractivity contribution in [2.75, 3.05) is 6.54 Å². The number of rotatable bonds is 6. The zero-order valence-electron chi connectivity index (χ0n) is 9.51. The maximum atomic E-state index is 13.4. The molecule has 0 aliphatic heterocycles. The summed E-state index contributed by atoms with van der Waals surface area (Å²) in [5, 5.41) is 3.28. The molecule has 92 valence electrons. The van der Waals surface area contributed by atoms with Gasteiger partial charge in [0.05, 0.1) is 0 Å². The van der Waals surface area contributed by atoms with Gasteiger partial charge in [0.1, 0.15) is 11.6 Å². The second-order valence-corrected chi connectivity index (χ2v) is 5.35. The first-order valence-corrected chi connectivity index (χ1v) is 6.63. The maximum Gasteiger partial charge on any atom is 0.138 e. The van der Waals surface area contributed by atoms with E-state index in [0.717, 1.165) is 4.47 Å². The third kappa shape index (κ3) is 4.21. The molecule has 2 rings (SSSR count). The summed E-state index contributed by atoms with van der Waals surface area (Å²) in [5.74, 6) is -0.230. The Morgan fingerprint density at radius 1 is 1.47 bits per heavy atom. The van der Waals surface area contributed by atoms with E-state index in [-0.39, 0.29) is 18.0 Å². The first-order chi connectivity index (χ1) is 8.15. The first kappa shape index (κ1) is 12.7. The lowest BCUT2D eigenvalue weighted by molar-refractivity contribution is -0.118. The molecule has 1 aromatic rings. The molecule has 0 aromatic heterocycles. The molecule has 1 N–H and O–H groups in total. The molecule has 0 unspecified atom stereocenters. The number of Topliss-reactive ketones (excluding diaryl/α,β-unsaturated/α-hetero) is 1. The summed E-state index contributed by atoms with van der Waals surface area (Å²) in [4.78, 5) is 11.7. The molecule has 1 saturated carbocycles. The monoisotopic (exact) mass is 299 g/mol. The van der Waals surface area contributed by atoms with E-state index in [1.54, 1.807) is 12.1 Å². The second-order valence-electron chi connectivity index (χ2n) is 4.43. The number of halogens is 2. The summed E-state index contributed by atoms with van der Waals surface area (Å²) in [7, 11) is 0. The third-order valence-electron chi connectivity index (χ3n) is 2.81. The summed E-state index contributed by atoms with van der Waals surface area (Å²) in [6, 6.07) is 5.31. The van der Waals surface area contributed by atoms with Crippen molar-refractivity contribution in [3.8, 4) is 0 Å². The van der Waals surface area contributed by atoms with Crippen molar-refractivity contribution < 1.29 is 9.18 Å². The highest BCUT2D eigenvalue weighted by Gasteiger charge is 2.20. The van der Waals surface area contributed by atoms with Crippen LogP contribution in [0.4, 0.5) is 4.39 Å². The van der Waals surface area contributed by atoms with Gasteiger partial charge in [-0.05, 0) is 36.6 Å². The average Bonchev–Trinajstić information content (AvgIpc) is 3.07. The second kappa shape index (κ2) is 5.74. The quantitative estimate of drug-likeness (QED) is 0.875. The Morgan fingerprint density at radius 2 is 2.24 bits per heavy atom. The minimum absolute atomic E-state index is 0.0788. The topological polar surface area (TPSA) is 29.1 Å². The first-order valence-electron chi connectivity index (χ1n) is 5.84. The van der Waals surface area contributed by atoms with E-state index < -0.39 is 0 Å². The Balaban J connectivity index is 1.81. The number of benzene rings is 1. The van der Waals surface area contributed by atoms with Gasteiger partial charge in [-0.2, -0.15) is 0 Å². The molecule has 4 heteroatoms. The summed E-state index contributed by atoms with van der Waals surface area (Å²) in [6.45, 7) is 0.707. The van der Waals surface area contributed by atoms with Gasteiger partial charge in [-0.15, -0.1) is 0 Å². The predicted octanol–water partition coefficient (Wildman–Crippen LogP) is 2.84. The number of carbonyl (C=O) groups excluding carboxylic acids is 1. The Kier molecular flexibility index (Phi) is 4.29. The third-order valence-corrected chi connectivity index (χ3v) is 3.30. The van der Waals surface area contributed by atoms with Crippen LogP contribution in [0.5, 0.6) is 0 Å². The van der Waals surface area contributed by atoms with Gasteiger partial charge in [0.2, 0.25) is 0 Å². The molecule has 0 amide bonds. The van der Waals surface area contributed by atoms with E-state index >= 15 is 0 Å². The smallest absolute Gasteiger partial charge is 0.138 e. The zero-order valence-corrected chi connectivity index (χ0v) is 11.1. The van der Waals surface area contributed by atoms with Gasteiger partial charge in [0, 0.05) is 29.9 Å². The van der Waals surface area contributed by atoms with Crippen LogP contribution in [0.2, 0.25) is 0 Å². The van der Waals surface area contributed by atoms with Crippen LogP contribution in [0.15, 0.2) is 22.7 Å². The van der Waals surface area contributed by atoms with Crippen molar-refractivity contribution in [2.45, 2.75) is 31.7 Å². The lowest BCUT2D eigenvalue weighted by Gasteiger charge is -2.04. The van der Waals surface area contributed by atoms with Crippen molar-refractivity contribution in [3.05, 3.63) is 34.1 Å². The van der Waals surface area contributed by atoms with Crippen molar-refractivity contribution >= 4 is 21.7 Å². The average molecular weight is 300 g/mol. The number of hydrogen-bond acceptors (Lipinski definition) is 2. The van der Waals surface area contributed by atoms with Crippen molar-refractivity contribution in [2.24, 2.45) is 0 Å². The standard InChI is InChI=1S/C13H15BrFNO/c14-10-1-4-13(15)9(7-10)8-12(17)5-6-16-11-2-3-11/h1,4,7,11,16H,2-3,5-6,8H2. The molecule has 1 aliphatic carbocycles. The number of nitrogens with one attached hydrogen (secondary N) is 1. The van der Waals surface area contributed by atoms with Crippen molar-refractivity contribution in [1.82, 2.24) is 5.32 Å². The molecule has 0 radical (unpaired) electrons. The maximum absolute atomic E-state index is 13.4. The van der Waals surface area contributed by atoms with Crippen LogP contribution in [-0.2, 0) is 11.2 Å². The highest BCUT2D eigenvalue weighted by molar-refractivity contribution is 9.10. The highest BCUT2D eigenvalue weighted by Crippen LogP contribution is 2.19. The van der Waals surface area contributed by atoms with E-state index in [0.29, 0.717) is 24.6 Å². The fraction of sp³-hybridized carbons (Fsp3) is 0.462. The summed E-state index contributed by atoms with van der Waals surface area (Å²) in [6.07, 6.45) is 3.09. The Morgan fingerprint density at radius 3 is 2.94 bits per heavy atom. The molecule has 1 aromatic carbocycles. The fourth-order valence-corrected chi connectivity index (χ4v) is 2.09. The summed E-state index contributed by atoms with van der Waals surface area (Å²) in [5.41, 5.74) is 0.468. The van der Waals surface area contributed by atoms with E-state index in [9.17, 15) is 9.18 Å². The van der Waals surface area contributed by atoms with Crippen LogP contribution in [0.25, 0.3) is 0 Å². The van der Waals surface area contributed by atoms with Gasteiger partial charge in [-0.25, -0.2) is 4.39 Å². The number of carbonyl (C=O) groups is 1. The molecule has 0 saturated heterocycles. The predicted molar refractivity (Wildman–Crippen MR) is 68.5 cm³/mol. The van der Waals surface area contributed by atoms with E-state index in [2.05, 4.69) is 21.2 Å². The minimum Gasteiger partial charge on any atom is -0.314 e. The molecule has 0 spiro atoms. The highest BCUT2D eigenvalue weighted by atomic mass is 79.9. The van der Waals surface area contributed by atoms with Crippen LogP contribution >= 0.6 is 15.9 Å². The molecular formula is C13H15BrFNO. The minimum atomic E-state index is -0.309. The molecule has 1 aliphatic rings. The van der Waals surface area contributed by atoms with Crippen molar-refractivity contribution in [1.29, 1.82) is 0 Å². The van der Waals surface area contributed by atoms with Gasteiger partial charge in [0.15, 0.2) is 0 Å². The van der Waals surface area contributed by atoms with Gasteiger partial charge < -0.3 is 5.32 Å². The van der Waals surface area contributed by atoms with Gasteiger partial charge in [-0.3, -0.25) is 4.79 Å². The SMILES string of the molecule is O=C(CCNC1CC1)Cc1cc(Br)ccc1F. The van der Waals surface area contributed by atoms with Gasteiger partial charge in [0.25, 0.3) is 0 Å². The normalized spacial score (nSPS) is 14.9. The van der Waals surface area contributed by atoms with Gasteiger partial charge in [-0.1, -0.05) is 15.9 Å². The van der Waals surface area contributed by atoms with Crippen LogP contribution in [0.1, 0.15) is 24.8 Å². The Bertz CT molecular complexity index is 418. The molecular weight excluding hydrogens is 285 g/mol. The van der Waals surface area contributed by atoms with Crippen LogP contribution in [-0.4, -0.2) is 18.4 Å². The molecule has 1 fully saturated rings. The van der Waals surface area contributed by atoms with Crippen LogP contribution < -0.4 is 5.32 Å². The zero-order chi connectivity index (χ0) is 12.3. The molecule has 0 atom stereocenters. The van der Waals surface area contributed by atoms with Crippen molar-refractivity contribution in [3.63, 3.8) is 0 Å². The molecule has 2 nitrogen and oxygen atoms in total. The Hall–Kier alpha value is -0.740. The summed E-state index contributed by atoms with van der Waals surface area (Å²) < 4.78 is 14.2. The van der Waals surface area contributed by atoms with E-state index in [1.165, 1.54) is 18.9 Å².